The fraction of sp³-hybridized carbons (Fsp3) is 0.667. The molecule has 4 atom stereocenters. The van der Waals surface area contributed by atoms with Crippen LogP contribution in [0, 0.1) is 23.2 Å². The summed E-state index contributed by atoms with van der Waals surface area (Å²) in [7, 11) is 0. The second-order valence-corrected chi connectivity index (χ2v) is 4.84. The van der Waals surface area contributed by atoms with Gasteiger partial charge in [0.05, 0.1) is 0 Å². The molecule has 3 aliphatic rings. The molecule has 0 aliphatic heterocycles. The van der Waals surface area contributed by atoms with Crippen LogP contribution in [0.25, 0.3) is 0 Å². The Morgan fingerprint density at radius 1 is 1.33 bits per heavy atom. The van der Waals surface area contributed by atoms with Crippen LogP contribution in [-0.2, 0) is 0 Å². The highest BCUT2D eigenvalue weighted by Gasteiger charge is 2.51. The molecule has 0 nitrogen and oxygen atoms in total. The molecule has 0 aromatic heterocycles. The van der Waals surface area contributed by atoms with E-state index in [1.165, 1.54) is 19.3 Å². The predicted octanol–water partition coefficient (Wildman–Crippen LogP) is 3.16. The molecule has 0 spiro atoms. The quantitative estimate of drug-likeness (QED) is 0.477. The van der Waals surface area contributed by atoms with E-state index in [1.807, 2.05) is 0 Å². The molecule has 1 saturated carbocycles. The monoisotopic (exact) mass is 160 g/mol. The first-order valence-electron chi connectivity index (χ1n) is 5.17. The van der Waals surface area contributed by atoms with Gasteiger partial charge in [-0.2, -0.15) is 0 Å². The number of hydrogen-bond acceptors (Lipinski definition) is 0. The molecule has 0 aromatic rings. The third-order valence-corrected chi connectivity index (χ3v) is 4.35. The van der Waals surface area contributed by atoms with Crippen molar-refractivity contribution in [1.82, 2.24) is 0 Å². The zero-order valence-electron chi connectivity index (χ0n) is 7.66. The van der Waals surface area contributed by atoms with E-state index in [-0.39, 0.29) is 0 Å². The molecule has 0 N–H and O–H groups in total. The van der Waals surface area contributed by atoms with Crippen LogP contribution >= 0.6 is 0 Å². The Kier molecular flexibility index (Phi) is 1.18. The number of hydrogen-bond donors (Lipinski definition) is 0. The number of allylic oxidation sites excluding steroid dienone is 4. The molecule has 3 rings (SSSR count). The number of fused-ring (bicyclic) bond motifs is 5. The van der Waals surface area contributed by atoms with Gasteiger partial charge in [-0.15, -0.1) is 0 Å². The zero-order valence-corrected chi connectivity index (χ0v) is 7.66. The maximum atomic E-state index is 2.50. The SMILES string of the molecule is CC12C=CCCC1C1C=CC2C1. The van der Waals surface area contributed by atoms with E-state index >= 15 is 0 Å². The molecule has 0 saturated heterocycles. The lowest BCUT2D eigenvalue weighted by Gasteiger charge is -2.39. The minimum Gasteiger partial charge on any atom is -0.0879 e. The minimum atomic E-state index is 0.539. The van der Waals surface area contributed by atoms with Crippen LogP contribution in [-0.4, -0.2) is 0 Å². The van der Waals surface area contributed by atoms with Crippen LogP contribution in [0.3, 0.4) is 0 Å². The third-order valence-electron chi connectivity index (χ3n) is 4.35. The molecule has 0 aromatic carbocycles. The highest BCUT2D eigenvalue weighted by atomic mass is 14.6. The van der Waals surface area contributed by atoms with E-state index in [2.05, 4.69) is 31.2 Å². The maximum Gasteiger partial charge on any atom is -0.00496 e. The van der Waals surface area contributed by atoms with Gasteiger partial charge in [0.2, 0.25) is 0 Å². The average molecular weight is 160 g/mol. The van der Waals surface area contributed by atoms with Crippen molar-refractivity contribution in [2.24, 2.45) is 23.2 Å². The Labute approximate surface area is 74.4 Å². The van der Waals surface area contributed by atoms with Crippen molar-refractivity contribution in [3.05, 3.63) is 24.3 Å². The number of rotatable bonds is 0. The Hall–Kier alpha value is -0.520. The second kappa shape index (κ2) is 2.04. The van der Waals surface area contributed by atoms with E-state index in [1.54, 1.807) is 0 Å². The molecular weight excluding hydrogens is 144 g/mol. The minimum absolute atomic E-state index is 0.539. The Balaban J connectivity index is 2.08. The third kappa shape index (κ3) is 0.646. The van der Waals surface area contributed by atoms with Crippen molar-refractivity contribution >= 4 is 0 Å². The Morgan fingerprint density at radius 3 is 3.08 bits per heavy atom. The van der Waals surface area contributed by atoms with Crippen LogP contribution in [0.1, 0.15) is 26.2 Å². The van der Waals surface area contributed by atoms with Gasteiger partial charge in [0, 0.05) is 0 Å². The van der Waals surface area contributed by atoms with Crippen LogP contribution < -0.4 is 0 Å². The standard InChI is InChI=1S/C12H16/c1-12-7-3-2-4-11(12)9-5-6-10(12)8-9/h3,5-7,9-11H,2,4,8H2,1H3. The maximum absolute atomic E-state index is 2.50. The van der Waals surface area contributed by atoms with Crippen molar-refractivity contribution in [2.75, 3.05) is 0 Å². The largest absolute Gasteiger partial charge is 0.0879 e. The van der Waals surface area contributed by atoms with Crippen molar-refractivity contribution in [1.29, 1.82) is 0 Å². The van der Waals surface area contributed by atoms with Gasteiger partial charge < -0.3 is 0 Å². The summed E-state index contributed by atoms with van der Waals surface area (Å²) >= 11 is 0. The Morgan fingerprint density at radius 2 is 2.25 bits per heavy atom. The summed E-state index contributed by atoms with van der Waals surface area (Å²) < 4.78 is 0. The molecule has 12 heavy (non-hydrogen) atoms. The summed E-state index contributed by atoms with van der Waals surface area (Å²) in [4.78, 5) is 0. The first-order valence-corrected chi connectivity index (χ1v) is 5.17. The zero-order chi connectivity index (χ0) is 8.18. The topological polar surface area (TPSA) is 0 Å². The predicted molar refractivity (Wildman–Crippen MR) is 50.7 cm³/mol. The van der Waals surface area contributed by atoms with Crippen LogP contribution in [0.15, 0.2) is 24.3 Å². The molecule has 0 heteroatoms. The highest BCUT2D eigenvalue weighted by Crippen LogP contribution is 2.59. The van der Waals surface area contributed by atoms with Gasteiger partial charge in [-0.3, -0.25) is 0 Å². The lowest BCUT2D eigenvalue weighted by molar-refractivity contribution is 0.209. The Bertz CT molecular complexity index is 261. The van der Waals surface area contributed by atoms with Crippen molar-refractivity contribution in [3.63, 3.8) is 0 Å². The molecule has 64 valence electrons. The molecular formula is C12H16. The fourth-order valence-corrected chi connectivity index (χ4v) is 3.61. The summed E-state index contributed by atoms with van der Waals surface area (Å²) in [6.45, 7) is 2.46. The van der Waals surface area contributed by atoms with Gasteiger partial charge in [-0.25, -0.2) is 0 Å². The van der Waals surface area contributed by atoms with Crippen LogP contribution in [0.5, 0.6) is 0 Å². The van der Waals surface area contributed by atoms with Crippen LogP contribution in [0.2, 0.25) is 0 Å². The van der Waals surface area contributed by atoms with Crippen molar-refractivity contribution in [3.8, 4) is 0 Å². The molecule has 4 unspecified atom stereocenters. The second-order valence-electron chi connectivity index (χ2n) is 4.84. The van der Waals surface area contributed by atoms with Gasteiger partial charge in [-0.05, 0) is 42.4 Å². The summed E-state index contributed by atoms with van der Waals surface area (Å²) in [5, 5.41) is 0. The molecule has 0 radical (unpaired) electrons. The first kappa shape index (κ1) is 6.94. The van der Waals surface area contributed by atoms with Gasteiger partial charge >= 0.3 is 0 Å². The van der Waals surface area contributed by atoms with Gasteiger partial charge in [0.15, 0.2) is 0 Å². The van der Waals surface area contributed by atoms with Gasteiger partial charge in [0.1, 0.15) is 0 Å². The molecule has 2 bridgehead atoms. The van der Waals surface area contributed by atoms with E-state index in [4.69, 9.17) is 0 Å². The van der Waals surface area contributed by atoms with Crippen molar-refractivity contribution in [2.45, 2.75) is 26.2 Å². The van der Waals surface area contributed by atoms with E-state index in [9.17, 15) is 0 Å². The van der Waals surface area contributed by atoms with Crippen molar-refractivity contribution < 1.29 is 0 Å². The fourth-order valence-electron chi connectivity index (χ4n) is 3.61. The molecule has 1 fully saturated rings. The lowest BCUT2D eigenvalue weighted by atomic mass is 9.66. The lowest BCUT2D eigenvalue weighted by Crippen LogP contribution is -2.31. The first-order chi connectivity index (χ1) is 5.81. The smallest absolute Gasteiger partial charge is 0.00496 e. The molecule has 3 aliphatic carbocycles. The van der Waals surface area contributed by atoms with E-state index in [0.717, 1.165) is 17.8 Å². The van der Waals surface area contributed by atoms with Gasteiger partial charge in [-0.1, -0.05) is 31.2 Å². The summed E-state index contributed by atoms with van der Waals surface area (Å²) in [5.74, 6) is 2.76. The molecule has 0 amide bonds. The highest BCUT2D eigenvalue weighted by molar-refractivity contribution is 5.24. The van der Waals surface area contributed by atoms with E-state index in [0.29, 0.717) is 5.41 Å². The average Bonchev–Trinajstić information content (AvgIpc) is 2.62. The summed E-state index contributed by atoms with van der Waals surface area (Å²) in [6.07, 6.45) is 14.0. The summed E-state index contributed by atoms with van der Waals surface area (Å²) in [6, 6.07) is 0. The van der Waals surface area contributed by atoms with Crippen LogP contribution in [0.4, 0.5) is 0 Å². The summed E-state index contributed by atoms with van der Waals surface area (Å²) in [5.41, 5.74) is 0.539. The van der Waals surface area contributed by atoms with Gasteiger partial charge in [0.25, 0.3) is 0 Å². The normalized spacial score (nSPS) is 54.6. The van der Waals surface area contributed by atoms with E-state index < -0.39 is 0 Å². The molecule has 0 heterocycles.